The lowest BCUT2D eigenvalue weighted by molar-refractivity contribution is -0.122. The molecule has 0 fully saturated rings. The van der Waals surface area contributed by atoms with Crippen LogP contribution in [0.4, 0.5) is 10.5 Å². The standard InChI is InChI=1S/C14H20ClN3O2/c1-4-7-16-13(19)10(3)17-14(20)18-11-6-5-9(2)12(15)8-11/h5-6,8,10H,4,7H2,1-3H3,(H,16,19)(H2,17,18,20). The van der Waals surface area contributed by atoms with Crippen molar-refractivity contribution < 1.29 is 9.59 Å². The van der Waals surface area contributed by atoms with Crippen molar-refractivity contribution in [3.63, 3.8) is 0 Å². The minimum Gasteiger partial charge on any atom is -0.354 e. The third kappa shape index (κ3) is 5.09. The van der Waals surface area contributed by atoms with Crippen molar-refractivity contribution in [1.29, 1.82) is 0 Å². The molecule has 0 heterocycles. The number of aryl methyl sites for hydroxylation is 1. The van der Waals surface area contributed by atoms with Gasteiger partial charge in [-0.15, -0.1) is 0 Å². The van der Waals surface area contributed by atoms with E-state index in [1.165, 1.54) is 0 Å². The highest BCUT2D eigenvalue weighted by Gasteiger charge is 2.14. The van der Waals surface area contributed by atoms with Crippen LogP contribution in [0.1, 0.15) is 25.8 Å². The van der Waals surface area contributed by atoms with Gasteiger partial charge in [0.15, 0.2) is 0 Å². The number of hydrogen-bond donors (Lipinski definition) is 3. The molecule has 0 radical (unpaired) electrons. The first-order chi connectivity index (χ1) is 9.43. The third-order valence-corrected chi connectivity index (χ3v) is 3.13. The number of rotatable bonds is 5. The lowest BCUT2D eigenvalue weighted by atomic mass is 10.2. The molecule has 5 nitrogen and oxygen atoms in total. The molecule has 0 saturated carbocycles. The number of amides is 3. The zero-order valence-electron chi connectivity index (χ0n) is 11.9. The van der Waals surface area contributed by atoms with Gasteiger partial charge in [0.05, 0.1) is 0 Å². The van der Waals surface area contributed by atoms with E-state index in [9.17, 15) is 9.59 Å². The first-order valence-electron chi connectivity index (χ1n) is 6.55. The molecule has 0 saturated heterocycles. The van der Waals surface area contributed by atoms with Crippen molar-refractivity contribution in [2.45, 2.75) is 33.2 Å². The first-order valence-corrected chi connectivity index (χ1v) is 6.93. The Hall–Kier alpha value is -1.75. The number of carbonyl (C=O) groups is 2. The summed E-state index contributed by atoms with van der Waals surface area (Å²) in [5.41, 5.74) is 1.52. The topological polar surface area (TPSA) is 70.2 Å². The van der Waals surface area contributed by atoms with Crippen molar-refractivity contribution in [3.05, 3.63) is 28.8 Å². The van der Waals surface area contributed by atoms with Gasteiger partial charge in [-0.2, -0.15) is 0 Å². The predicted octanol–water partition coefficient (Wildman–Crippen LogP) is 2.68. The summed E-state index contributed by atoms with van der Waals surface area (Å²) in [5, 5.41) is 8.50. The highest BCUT2D eigenvalue weighted by Crippen LogP contribution is 2.19. The van der Waals surface area contributed by atoms with Crippen molar-refractivity contribution in [2.24, 2.45) is 0 Å². The molecule has 110 valence electrons. The summed E-state index contributed by atoms with van der Waals surface area (Å²) in [6, 6.07) is 4.20. The normalized spacial score (nSPS) is 11.6. The molecule has 0 aliphatic heterocycles. The van der Waals surface area contributed by atoms with E-state index in [1.54, 1.807) is 19.1 Å². The third-order valence-electron chi connectivity index (χ3n) is 2.72. The number of urea groups is 1. The van der Waals surface area contributed by atoms with Gasteiger partial charge in [0.2, 0.25) is 5.91 Å². The lowest BCUT2D eigenvalue weighted by Gasteiger charge is -2.14. The van der Waals surface area contributed by atoms with Crippen LogP contribution in [0.3, 0.4) is 0 Å². The Labute approximate surface area is 124 Å². The van der Waals surface area contributed by atoms with Gasteiger partial charge in [-0.05, 0) is 38.0 Å². The fourth-order valence-electron chi connectivity index (χ4n) is 1.50. The summed E-state index contributed by atoms with van der Waals surface area (Å²) in [7, 11) is 0. The smallest absolute Gasteiger partial charge is 0.319 e. The van der Waals surface area contributed by atoms with Crippen LogP contribution in [-0.4, -0.2) is 24.5 Å². The molecule has 0 bridgehead atoms. The number of halogens is 1. The summed E-state index contributed by atoms with van der Waals surface area (Å²) >= 11 is 5.97. The molecule has 3 N–H and O–H groups in total. The minimum atomic E-state index is -0.595. The highest BCUT2D eigenvalue weighted by atomic mass is 35.5. The number of nitrogens with one attached hydrogen (secondary N) is 3. The van der Waals surface area contributed by atoms with E-state index in [-0.39, 0.29) is 5.91 Å². The lowest BCUT2D eigenvalue weighted by Crippen LogP contribution is -2.46. The van der Waals surface area contributed by atoms with Crippen molar-refractivity contribution >= 4 is 29.2 Å². The van der Waals surface area contributed by atoms with Crippen molar-refractivity contribution in [2.75, 3.05) is 11.9 Å². The average Bonchev–Trinajstić information content (AvgIpc) is 2.40. The van der Waals surface area contributed by atoms with Crippen LogP contribution in [0.15, 0.2) is 18.2 Å². The van der Waals surface area contributed by atoms with Crippen LogP contribution >= 0.6 is 11.6 Å². The molecule has 20 heavy (non-hydrogen) atoms. The quantitative estimate of drug-likeness (QED) is 0.782. The Kier molecular flexibility index (Phi) is 6.31. The maximum absolute atomic E-state index is 11.8. The van der Waals surface area contributed by atoms with Crippen molar-refractivity contribution in [1.82, 2.24) is 10.6 Å². The van der Waals surface area contributed by atoms with E-state index < -0.39 is 12.1 Å². The minimum absolute atomic E-state index is 0.205. The molecule has 1 unspecified atom stereocenters. The number of benzene rings is 1. The van der Waals surface area contributed by atoms with Gasteiger partial charge in [0.25, 0.3) is 0 Å². The zero-order valence-corrected chi connectivity index (χ0v) is 12.7. The molecular weight excluding hydrogens is 278 g/mol. The Morgan fingerprint density at radius 1 is 1.35 bits per heavy atom. The van der Waals surface area contributed by atoms with E-state index in [2.05, 4.69) is 16.0 Å². The van der Waals surface area contributed by atoms with E-state index in [0.717, 1.165) is 12.0 Å². The maximum Gasteiger partial charge on any atom is 0.319 e. The highest BCUT2D eigenvalue weighted by molar-refractivity contribution is 6.31. The average molecular weight is 298 g/mol. The Bertz CT molecular complexity index is 491. The fraction of sp³-hybridized carbons (Fsp3) is 0.429. The largest absolute Gasteiger partial charge is 0.354 e. The summed E-state index contributed by atoms with van der Waals surface area (Å²) in [5.74, 6) is -0.205. The molecule has 3 amide bonds. The van der Waals surface area contributed by atoms with E-state index >= 15 is 0 Å². The van der Waals surface area contributed by atoms with Crippen LogP contribution in [0.2, 0.25) is 5.02 Å². The van der Waals surface area contributed by atoms with Crippen LogP contribution in [-0.2, 0) is 4.79 Å². The Morgan fingerprint density at radius 2 is 2.05 bits per heavy atom. The summed E-state index contributed by atoms with van der Waals surface area (Å²) in [4.78, 5) is 23.4. The molecule has 1 rings (SSSR count). The Balaban J connectivity index is 2.50. The molecular formula is C14H20ClN3O2. The van der Waals surface area contributed by atoms with Crippen LogP contribution in [0.5, 0.6) is 0 Å². The summed E-state index contributed by atoms with van der Waals surface area (Å²) < 4.78 is 0. The van der Waals surface area contributed by atoms with Crippen molar-refractivity contribution in [3.8, 4) is 0 Å². The number of hydrogen-bond acceptors (Lipinski definition) is 2. The predicted molar refractivity (Wildman–Crippen MR) is 81.1 cm³/mol. The summed E-state index contributed by atoms with van der Waals surface area (Å²) in [6.45, 7) is 6.07. The van der Waals surface area contributed by atoms with E-state index in [4.69, 9.17) is 11.6 Å². The van der Waals surface area contributed by atoms with Crippen LogP contribution < -0.4 is 16.0 Å². The van der Waals surface area contributed by atoms with E-state index in [0.29, 0.717) is 17.3 Å². The van der Waals surface area contributed by atoms with Gasteiger partial charge in [-0.1, -0.05) is 24.6 Å². The van der Waals surface area contributed by atoms with Gasteiger partial charge in [0, 0.05) is 17.3 Å². The number of carbonyl (C=O) groups excluding carboxylic acids is 2. The van der Waals surface area contributed by atoms with Gasteiger partial charge in [-0.25, -0.2) is 4.79 Å². The van der Waals surface area contributed by atoms with Gasteiger partial charge in [-0.3, -0.25) is 4.79 Å². The molecule has 1 atom stereocenters. The van der Waals surface area contributed by atoms with Gasteiger partial charge in [0.1, 0.15) is 6.04 Å². The maximum atomic E-state index is 11.8. The van der Waals surface area contributed by atoms with E-state index in [1.807, 2.05) is 19.9 Å². The second kappa shape index (κ2) is 7.75. The number of anilines is 1. The molecule has 0 aliphatic rings. The summed E-state index contributed by atoms with van der Waals surface area (Å²) in [6.07, 6.45) is 0.854. The first kappa shape index (κ1) is 16.3. The van der Waals surface area contributed by atoms with Gasteiger partial charge < -0.3 is 16.0 Å². The Morgan fingerprint density at radius 3 is 2.65 bits per heavy atom. The molecule has 6 heteroatoms. The molecule has 0 aromatic heterocycles. The van der Waals surface area contributed by atoms with Crippen LogP contribution in [0.25, 0.3) is 0 Å². The zero-order chi connectivity index (χ0) is 15.1. The fourth-order valence-corrected chi connectivity index (χ4v) is 1.68. The SMILES string of the molecule is CCCNC(=O)C(C)NC(=O)Nc1ccc(C)c(Cl)c1. The molecule has 1 aromatic rings. The van der Waals surface area contributed by atoms with Crippen LogP contribution in [0, 0.1) is 6.92 Å². The molecule has 0 spiro atoms. The van der Waals surface area contributed by atoms with Gasteiger partial charge >= 0.3 is 6.03 Å². The monoisotopic (exact) mass is 297 g/mol. The molecule has 0 aliphatic carbocycles. The molecule has 1 aromatic carbocycles. The second-order valence-electron chi connectivity index (χ2n) is 4.58. The second-order valence-corrected chi connectivity index (χ2v) is 4.98.